The van der Waals surface area contributed by atoms with E-state index in [9.17, 15) is 14.7 Å². The fourth-order valence-electron chi connectivity index (χ4n) is 2.50. The van der Waals surface area contributed by atoms with Gasteiger partial charge in [0.1, 0.15) is 0 Å². The zero-order valence-electron chi connectivity index (χ0n) is 9.56. The van der Waals surface area contributed by atoms with Crippen molar-refractivity contribution in [2.24, 2.45) is 0 Å². The third-order valence-electron chi connectivity index (χ3n) is 3.81. The van der Waals surface area contributed by atoms with Crippen molar-refractivity contribution in [1.29, 1.82) is 0 Å². The first-order chi connectivity index (χ1) is 8.04. The fourth-order valence-corrected chi connectivity index (χ4v) is 2.50. The first kappa shape index (κ1) is 10.3. The molecule has 4 heteroatoms. The van der Waals surface area contributed by atoms with Gasteiger partial charge in [-0.15, -0.1) is 0 Å². The van der Waals surface area contributed by atoms with E-state index in [1.165, 1.54) is 0 Å². The third-order valence-corrected chi connectivity index (χ3v) is 3.81. The van der Waals surface area contributed by atoms with Crippen molar-refractivity contribution in [3.8, 4) is 0 Å². The predicted molar refractivity (Wildman–Crippen MR) is 60.8 cm³/mol. The van der Waals surface area contributed by atoms with E-state index in [1.807, 2.05) is 12.1 Å². The van der Waals surface area contributed by atoms with Gasteiger partial charge in [0.25, 0.3) is 5.91 Å². The summed E-state index contributed by atoms with van der Waals surface area (Å²) >= 11 is 0. The molecule has 0 spiro atoms. The number of hydrogen-bond donors (Lipinski definition) is 1. The number of nitrogens with zero attached hydrogens (tertiary/aromatic N) is 1. The lowest BCUT2D eigenvalue weighted by Crippen LogP contribution is -2.20. The van der Waals surface area contributed by atoms with E-state index in [2.05, 4.69) is 0 Å². The van der Waals surface area contributed by atoms with Crippen LogP contribution < -0.4 is 0 Å². The van der Waals surface area contributed by atoms with Crippen molar-refractivity contribution >= 4 is 11.9 Å². The van der Waals surface area contributed by atoms with E-state index in [0.29, 0.717) is 24.9 Å². The molecule has 4 nitrogen and oxygen atoms in total. The van der Waals surface area contributed by atoms with Crippen LogP contribution in [-0.2, 0) is 16.8 Å². The van der Waals surface area contributed by atoms with Gasteiger partial charge in [0.05, 0.1) is 5.41 Å². The summed E-state index contributed by atoms with van der Waals surface area (Å²) in [6, 6.07) is 5.50. The number of hydrogen-bond acceptors (Lipinski definition) is 2. The summed E-state index contributed by atoms with van der Waals surface area (Å²) < 4.78 is 0. The molecule has 0 atom stereocenters. The molecule has 0 unspecified atom stereocenters. The lowest BCUT2D eigenvalue weighted by atomic mass is 9.93. The monoisotopic (exact) mass is 231 g/mol. The van der Waals surface area contributed by atoms with Crippen LogP contribution in [0.5, 0.6) is 0 Å². The Morgan fingerprint density at radius 3 is 2.71 bits per heavy atom. The maximum atomic E-state index is 11.8. The Labute approximate surface area is 98.9 Å². The summed E-state index contributed by atoms with van der Waals surface area (Å²) in [6.07, 6.45) is 1.34. The Morgan fingerprint density at radius 2 is 2.12 bits per heavy atom. The lowest BCUT2D eigenvalue weighted by molar-refractivity contribution is -0.140. The summed E-state index contributed by atoms with van der Waals surface area (Å²) in [5.41, 5.74) is 1.70. The van der Waals surface area contributed by atoms with Gasteiger partial charge < -0.3 is 10.0 Å². The van der Waals surface area contributed by atoms with Crippen LogP contribution in [0.25, 0.3) is 0 Å². The summed E-state index contributed by atoms with van der Waals surface area (Å²) in [4.78, 5) is 24.7. The molecule has 1 N–H and O–H groups in total. The molecular weight excluding hydrogens is 218 g/mol. The van der Waals surface area contributed by atoms with E-state index >= 15 is 0 Å². The maximum absolute atomic E-state index is 11.8. The first-order valence-corrected chi connectivity index (χ1v) is 5.67. The molecule has 1 aliphatic carbocycles. The number of amides is 1. The number of carboxylic acid groups (broad SMARTS) is 1. The number of carbonyl (C=O) groups excluding carboxylic acids is 1. The number of carbonyl (C=O) groups is 2. The quantitative estimate of drug-likeness (QED) is 0.836. The molecule has 1 amide bonds. The molecule has 1 aromatic rings. The highest BCUT2D eigenvalue weighted by molar-refractivity contribution is 5.99. The second kappa shape index (κ2) is 3.09. The normalized spacial score (nSPS) is 20.3. The third kappa shape index (κ3) is 1.30. The summed E-state index contributed by atoms with van der Waals surface area (Å²) in [6.45, 7) is 0.620. The van der Waals surface area contributed by atoms with Gasteiger partial charge in [-0.25, -0.2) is 0 Å². The second-order valence-electron chi connectivity index (χ2n) is 4.92. The molecule has 17 heavy (non-hydrogen) atoms. The topological polar surface area (TPSA) is 57.6 Å². The average Bonchev–Trinajstić information content (AvgIpc) is 3.05. The van der Waals surface area contributed by atoms with E-state index < -0.39 is 11.4 Å². The van der Waals surface area contributed by atoms with Gasteiger partial charge >= 0.3 is 5.97 Å². The van der Waals surface area contributed by atoms with Crippen molar-refractivity contribution in [2.45, 2.75) is 24.8 Å². The number of carboxylic acids is 1. The Hall–Kier alpha value is -1.84. The van der Waals surface area contributed by atoms with E-state index in [-0.39, 0.29) is 5.91 Å². The molecule has 1 aliphatic heterocycles. The standard InChI is InChI=1S/C13H13NO3/c1-14-7-8-2-3-9(6-10(8)11(14)15)13(4-5-13)12(16)17/h2-3,6H,4-5,7H2,1H3,(H,16,17). The molecule has 88 valence electrons. The molecular formula is C13H13NO3. The molecule has 2 aliphatic rings. The fraction of sp³-hybridized carbons (Fsp3) is 0.385. The van der Waals surface area contributed by atoms with Crippen molar-refractivity contribution in [3.63, 3.8) is 0 Å². The molecule has 0 bridgehead atoms. The van der Waals surface area contributed by atoms with Crippen LogP contribution in [0.3, 0.4) is 0 Å². The Bertz CT molecular complexity index is 531. The van der Waals surface area contributed by atoms with Crippen LogP contribution in [0.4, 0.5) is 0 Å². The van der Waals surface area contributed by atoms with E-state index in [4.69, 9.17) is 0 Å². The van der Waals surface area contributed by atoms with Crippen molar-refractivity contribution in [1.82, 2.24) is 4.90 Å². The zero-order valence-corrected chi connectivity index (χ0v) is 9.56. The summed E-state index contributed by atoms with van der Waals surface area (Å²) in [7, 11) is 1.76. The van der Waals surface area contributed by atoms with Crippen LogP contribution in [0.2, 0.25) is 0 Å². The van der Waals surface area contributed by atoms with Crippen LogP contribution in [-0.4, -0.2) is 28.9 Å². The summed E-state index contributed by atoms with van der Waals surface area (Å²) in [5.74, 6) is -0.792. The van der Waals surface area contributed by atoms with Gasteiger partial charge in [0.2, 0.25) is 0 Å². The minimum absolute atomic E-state index is 0.0111. The van der Waals surface area contributed by atoms with Crippen molar-refractivity contribution in [2.75, 3.05) is 7.05 Å². The molecule has 0 aromatic heterocycles. The Kier molecular flexibility index (Phi) is 1.88. The van der Waals surface area contributed by atoms with Gasteiger partial charge in [0.15, 0.2) is 0 Å². The SMILES string of the molecule is CN1Cc2ccc(C3(C(=O)O)CC3)cc2C1=O. The first-order valence-electron chi connectivity index (χ1n) is 5.67. The average molecular weight is 231 g/mol. The second-order valence-corrected chi connectivity index (χ2v) is 4.92. The smallest absolute Gasteiger partial charge is 0.314 e. The molecule has 1 aromatic carbocycles. The van der Waals surface area contributed by atoms with Crippen molar-refractivity contribution < 1.29 is 14.7 Å². The summed E-state index contributed by atoms with van der Waals surface area (Å²) in [5, 5.41) is 9.23. The number of aliphatic carboxylic acids is 1. The maximum Gasteiger partial charge on any atom is 0.314 e. The largest absolute Gasteiger partial charge is 0.481 e. The lowest BCUT2D eigenvalue weighted by Gasteiger charge is -2.10. The van der Waals surface area contributed by atoms with Gasteiger partial charge in [-0.2, -0.15) is 0 Å². The number of rotatable bonds is 2. The Balaban J connectivity index is 2.06. The molecule has 0 saturated heterocycles. The predicted octanol–water partition coefficient (Wildman–Crippen LogP) is 1.39. The Morgan fingerprint density at radius 1 is 1.41 bits per heavy atom. The molecule has 1 saturated carbocycles. The van der Waals surface area contributed by atoms with Crippen LogP contribution in [0.15, 0.2) is 18.2 Å². The number of benzene rings is 1. The van der Waals surface area contributed by atoms with Gasteiger partial charge in [-0.3, -0.25) is 9.59 Å². The van der Waals surface area contributed by atoms with E-state index in [0.717, 1.165) is 11.1 Å². The highest BCUT2D eigenvalue weighted by Crippen LogP contribution is 2.49. The molecule has 1 fully saturated rings. The van der Waals surface area contributed by atoms with Gasteiger partial charge in [-0.1, -0.05) is 12.1 Å². The van der Waals surface area contributed by atoms with Gasteiger partial charge in [-0.05, 0) is 30.0 Å². The van der Waals surface area contributed by atoms with E-state index in [1.54, 1.807) is 18.0 Å². The molecule has 0 radical (unpaired) electrons. The molecule has 1 heterocycles. The van der Waals surface area contributed by atoms with Crippen LogP contribution in [0.1, 0.15) is 34.3 Å². The highest BCUT2D eigenvalue weighted by Gasteiger charge is 2.52. The minimum Gasteiger partial charge on any atom is -0.481 e. The zero-order chi connectivity index (χ0) is 12.2. The van der Waals surface area contributed by atoms with Crippen molar-refractivity contribution in [3.05, 3.63) is 34.9 Å². The minimum atomic E-state index is -0.781. The van der Waals surface area contributed by atoms with Crippen LogP contribution >= 0.6 is 0 Å². The molecule has 3 rings (SSSR count). The highest BCUT2D eigenvalue weighted by atomic mass is 16.4. The number of fused-ring (bicyclic) bond motifs is 1. The van der Waals surface area contributed by atoms with Crippen LogP contribution in [0, 0.1) is 0 Å². The van der Waals surface area contributed by atoms with Gasteiger partial charge in [0, 0.05) is 19.2 Å².